The maximum atomic E-state index is 12.5. The minimum atomic E-state index is -0.533. The van der Waals surface area contributed by atoms with E-state index in [-0.39, 0.29) is 24.9 Å². The number of amides is 3. The molecule has 0 radical (unpaired) electrons. The summed E-state index contributed by atoms with van der Waals surface area (Å²) in [6.45, 7) is 0.809. The van der Waals surface area contributed by atoms with Crippen LogP contribution in [0, 0.1) is 0 Å². The lowest BCUT2D eigenvalue weighted by Crippen LogP contribution is -3.11. The topological polar surface area (TPSA) is 106 Å². The predicted octanol–water partition coefficient (Wildman–Crippen LogP) is -0.985. The lowest BCUT2D eigenvalue weighted by molar-refractivity contribution is -0.862. The number of likely N-dealkylation sites (tertiary alicyclic amines) is 1. The molecular weight excluding hydrogens is 336 g/mol. The molecule has 1 aliphatic heterocycles. The summed E-state index contributed by atoms with van der Waals surface area (Å²) in [7, 11) is 3.33. The Kier molecular flexibility index (Phi) is 6.97. The zero-order valence-corrected chi connectivity index (χ0v) is 15.3. The minimum absolute atomic E-state index is 0.134. The van der Waals surface area contributed by atoms with Crippen LogP contribution in [0.25, 0.3) is 0 Å². The second-order valence-electron chi connectivity index (χ2n) is 6.59. The van der Waals surface area contributed by atoms with Crippen LogP contribution >= 0.6 is 0 Å². The van der Waals surface area contributed by atoms with Gasteiger partial charge in [-0.25, -0.2) is 0 Å². The molecule has 8 heteroatoms. The number of nitrogens with one attached hydrogen (secondary N) is 2. The van der Waals surface area contributed by atoms with E-state index in [0.29, 0.717) is 24.4 Å². The van der Waals surface area contributed by atoms with Gasteiger partial charge >= 0.3 is 0 Å². The predicted molar refractivity (Wildman–Crippen MR) is 96.8 cm³/mol. The lowest BCUT2D eigenvalue weighted by Gasteiger charge is -2.33. The molecule has 142 valence electrons. The summed E-state index contributed by atoms with van der Waals surface area (Å²) in [6.07, 6.45) is 2.37. The highest BCUT2D eigenvalue weighted by molar-refractivity contribution is 5.92. The van der Waals surface area contributed by atoms with E-state index in [9.17, 15) is 14.4 Å². The van der Waals surface area contributed by atoms with Gasteiger partial charge in [-0.2, -0.15) is 0 Å². The third kappa shape index (κ3) is 5.45. The van der Waals surface area contributed by atoms with Crippen LogP contribution in [0.1, 0.15) is 19.3 Å². The number of quaternary nitrogens is 1. The van der Waals surface area contributed by atoms with Gasteiger partial charge in [-0.15, -0.1) is 0 Å². The summed E-state index contributed by atoms with van der Waals surface area (Å²) < 4.78 is 5.12. The van der Waals surface area contributed by atoms with Crippen LogP contribution in [0.2, 0.25) is 0 Å². The molecule has 0 saturated carbocycles. The van der Waals surface area contributed by atoms with Gasteiger partial charge in [0.25, 0.3) is 11.8 Å². The monoisotopic (exact) mass is 363 g/mol. The Balaban J connectivity index is 1.86. The van der Waals surface area contributed by atoms with E-state index in [4.69, 9.17) is 10.5 Å². The SMILES string of the molecule is COc1cccc(NC(=O)C[NH+](C)CC(=O)N2CCCC[C@H]2C(N)=O)c1. The molecule has 1 aromatic rings. The first-order valence-corrected chi connectivity index (χ1v) is 8.74. The van der Waals surface area contributed by atoms with E-state index in [1.807, 2.05) is 0 Å². The van der Waals surface area contributed by atoms with Crippen LogP contribution in [0.15, 0.2) is 24.3 Å². The summed E-state index contributed by atoms with van der Waals surface area (Å²) in [5, 5.41) is 2.79. The van der Waals surface area contributed by atoms with Gasteiger partial charge in [0.05, 0.1) is 14.2 Å². The summed E-state index contributed by atoms with van der Waals surface area (Å²) >= 11 is 0. The Morgan fingerprint density at radius 1 is 1.31 bits per heavy atom. The summed E-state index contributed by atoms with van der Waals surface area (Å²) in [6, 6.07) is 6.54. The van der Waals surface area contributed by atoms with Gasteiger partial charge < -0.3 is 25.6 Å². The van der Waals surface area contributed by atoms with Gasteiger partial charge in [0.2, 0.25) is 5.91 Å². The smallest absolute Gasteiger partial charge is 0.279 e. The molecule has 26 heavy (non-hydrogen) atoms. The van der Waals surface area contributed by atoms with Gasteiger partial charge in [-0.1, -0.05) is 6.07 Å². The fourth-order valence-corrected chi connectivity index (χ4v) is 3.13. The van der Waals surface area contributed by atoms with Gasteiger partial charge in [-0.3, -0.25) is 14.4 Å². The number of primary amides is 1. The average Bonchev–Trinajstić information content (AvgIpc) is 2.61. The zero-order valence-electron chi connectivity index (χ0n) is 15.3. The van der Waals surface area contributed by atoms with E-state index < -0.39 is 11.9 Å². The Bertz CT molecular complexity index is 664. The number of rotatable bonds is 7. The largest absolute Gasteiger partial charge is 0.497 e. The third-order valence-corrected chi connectivity index (χ3v) is 4.42. The molecule has 0 bridgehead atoms. The molecule has 0 aliphatic carbocycles. The molecular formula is C18H27N4O4+. The molecule has 4 N–H and O–H groups in total. The first-order chi connectivity index (χ1) is 12.4. The molecule has 1 saturated heterocycles. The first-order valence-electron chi connectivity index (χ1n) is 8.74. The fraction of sp³-hybridized carbons (Fsp3) is 0.500. The van der Waals surface area contributed by atoms with Crippen molar-refractivity contribution in [1.29, 1.82) is 0 Å². The molecule has 1 heterocycles. The molecule has 1 aromatic carbocycles. The van der Waals surface area contributed by atoms with Crippen molar-refractivity contribution in [3.8, 4) is 5.75 Å². The van der Waals surface area contributed by atoms with Crippen LogP contribution < -0.4 is 20.7 Å². The van der Waals surface area contributed by atoms with E-state index in [2.05, 4.69) is 5.32 Å². The maximum absolute atomic E-state index is 12.5. The van der Waals surface area contributed by atoms with Crippen molar-refractivity contribution in [3.63, 3.8) is 0 Å². The fourth-order valence-electron chi connectivity index (χ4n) is 3.13. The van der Waals surface area contributed by atoms with Crippen molar-refractivity contribution < 1.29 is 24.0 Å². The molecule has 0 aromatic heterocycles. The van der Waals surface area contributed by atoms with Gasteiger partial charge in [0.15, 0.2) is 13.1 Å². The molecule has 2 rings (SSSR count). The van der Waals surface area contributed by atoms with E-state index >= 15 is 0 Å². The number of piperidine rings is 1. The highest BCUT2D eigenvalue weighted by Crippen LogP contribution is 2.17. The van der Waals surface area contributed by atoms with Crippen LogP contribution in [0.4, 0.5) is 5.69 Å². The standard InChI is InChI=1S/C18H26N4O4/c1-21(11-16(23)20-13-6-5-7-14(10-13)26-2)12-17(24)22-9-4-3-8-15(22)18(19)25/h5-7,10,15H,3-4,8-9,11-12H2,1-2H3,(H2,19,25)(H,20,23)/p+1/t15-/m0/s1. The van der Waals surface area contributed by atoms with E-state index in [0.717, 1.165) is 17.7 Å². The number of nitrogens with two attached hydrogens (primary N) is 1. The third-order valence-electron chi connectivity index (χ3n) is 4.42. The van der Waals surface area contributed by atoms with Gasteiger partial charge in [0.1, 0.15) is 11.8 Å². The Labute approximate surface area is 153 Å². The molecule has 2 atom stereocenters. The normalized spacial score (nSPS) is 18.1. The number of hydrogen-bond donors (Lipinski definition) is 3. The number of hydrogen-bond acceptors (Lipinski definition) is 4. The van der Waals surface area contributed by atoms with Crippen molar-refractivity contribution in [2.75, 3.05) is 39.1 Å². The van der Waals surface area contributed by atoms with Crippen LogP contribution in [0.5, 0.6) is 5.75 Å². The van der Waals surface area contributed by atoms with Crippen LogP contribution in [-0.2, 0) is 14.4 Å². The number of ether oxygens (including phenoxy) is 1. The van der Waals surface area contributed by atoms with Crippen LogP contribution in [-0.4, -0.2) is 62.5 Å². The highest BCUT2D eigenvalue weighted by Gasteiger charge is 2.32. The maximum Gasteiger partial charge on any atom is 0.279 e. The first kappa shape index (κ1) is 19.7. The van der Waals surface area contributed by atoms with Gasteiger partial charge in [-0.05, 0) is 31.4 Å². The lowest BCUT2D eigenvalue weighted by atomic mass is 10.0. The summed E-state index contributed by atoms with van der Waals surface area (Å²) in [4.78, 5) is 38.5. The van der Waals surface area contributed by atoms with Crippen molar-refractivity contribution in [2.45, 2.75) is 25.3 Å². The zero-order chi connectivity index (χ0) is 19.1. The molecule has 1 fully saturated rings. The van der Waals surface area contributed by atoms with E-state index in [1.165, 1.54) is 0 Å². The van der Waals surface area contributed by atoms with E-state index in [1.54, 1.807) is 43.3 Å². The average molecular weight is 363 g/mol. The van der Waals surface area contributed by atoms with Crippen molar-refractivity contribution >= 4 is 23.4 Å². The summed E-state index contributed by atoms with van der Waals surface area (Å²) in [5.74, 6) is -0.165. The van der Waals surface area contributed by atoms with Crippen LogP contribution in [0.3, 0.4) is 0 Å². The van der Waals surface area contributed by atoms with Crippen molar-refractivity contribution in [3.05, 3.63) is 24.3 Å². The number of carbonyl (C=O) groups is 3. The minimum Gasteiger partial charge on any atom is -0.497 e. The number of methoxy groups -OCH3 is 1. The quantitative estimate of drug-likeness (QED) is 0.579. The number of carbonyl (C=O) groups excluding carboxylic acids is 3. The molecule has 1 aliphatic rings. The number of likely N-dealkylation sites (N-methyl/N-ethyl adjacent to an activating group) is 1. The summed E-state index contributed by atoms with van der Waals surface area (Å²) in [5.41, 5.74) is 6.04. The second kappa shape index (κ2) is 9.19. The Morgan fingerprint density at radius 2 is 2.08 bits per heavy atom. The molecule has 1 unspecified atom stereocenters. The number of nitrogens with zero attached hydrogens (tertiary/aromatic N) is 1. The molecule has 3 amide bonds. The highest BCUT2D eigenvalue weighted by atomic mass is 16.5. The van der Waals surface area contributed by atoms with Crippen molar-refractivity contribution in [1.82, 2.24) is 4.90 Å². The molecule has 0 spiro atoms. The van der Waals surface area contributed by atoms with Crippen molar-refractivity contribution in [2.24, 2.45) is 5.73 Å². The second-order valence-corrected chi connectivity index (χ2v) is 6.59. The Morgan fingerprint density at radius 3 is 2.77 bits per heavy atom. The number of anilines is 1. The molecule has 8 nitrogen and oxygen atoms in total. The number of benzene rings is 1. The van der Waals surface area contributed by atoms with Gasteiger partial charge in [0, 0.05) is 18.3 Å². The Hall–Kier alpha value is -2.61.